The molecule has 2 rings (SSSR count). The number of nitrogens with zero attached hydrogens (tertiary/aromatic N) is 1. The van der Waals surface area contributed by atoms with E-state index < -0.39 is 5.54 Å². The summed E-state index contributed by atoms with van der Waals surface area (Å²) < 4.78 is 0. The molecular weight excluding hydrogens is 230 g/mol. The summed E-state index contributed by atoms with van der Waals surface area (Å²) >= 11 is 0. The van der Waals surface area contributed by atoms with Crippen molar-refractivity contribution in [3.8, 4) is 0 Å². The molecule has 0 heterocycles. The lowest BCUT2D eigenvalue weighted by Crippen LogP contribution is -2.50. The minimum atomic E-state index is -0.839. The lowest BCUT2D eigenvalue weighted by molar-refractivity contribution is -0.162. The zero-order chi connectivity index (χ0) is 13.2. The quantitative estimate of drug-likeness (QED) is 0.760. The average Bonchev–Trinajstić information content (AvgIpc) is 2.36. The Morgan fingerprint density at radius 3 is 2.50 bits per heavy atom. The van der Waals surface area contributed by atoms with Crippen LogP contribution in [0.25, 0.3) is 0 Å². The first kappa shape index (κ1) is 12.8. The molecule has 4 heteroatoms. The van der Waals surface area contributed by atoms with Crippen LogP contribution in [-0.4, -0.2) is 27.4 Å². The molecule has 96 valence electrons. The minimum absolute atomic E-state index is 0.0629. The van der Waals surface area contributed by atoms with Crippen molar-refractivity contribution >= 4 is 11.6 Å². The van der Waals surface area contributed by atoms with Crippen LogP contribution < -0.4 is 0 Å². The molecule has 2 aliphatic carbocycles. The smallest absolute Gasteiger partial charge is 0.178 e. The maximum Gasteiger partial charge on any atom is 0.178 e. The number of ketones is 2. The summed E-state index contributed by atoms with van der Waals surface area (Å²) in [5.74, 6) is -0.00969. The highest BCUT2D eigenvalue weighted by Gasteiger charge is 2.39. The molecule has 0 aromatic heterocycles. The van der Waals surface area contributed by atoms with Gasteiger partial charge in [0.2, 0.25) is 0 Å². The van der Waals surface area contributed by atoms with Gasteiger partial charge in [0.15, 0.2) is 11.6 Å². The number of carbonyl (C=O) groups excluding carboxylic acids is 2. The van der Waals surface area contributed by atoms with E-state index in [1.807, 2.05) is 0 Å². The summed E-state index contributed by atoms with van der Waals surface area (Å²) in [7, 11) is 0. The van der Waals surface area contributed by atoms with Gasteiger partial charge in [-0.15, -0.1) is 0 Å². The number of hydrogen-bond donors (Lipinski definition) is 1. The number of hydroxylamine groups is 2. The summed E-state index contributed by atoms with van der Waals surface area (Å²) in [6.07, 6.45) is 10.6. The van der Waals surface area contributed by atoms with Gasteiger partial charge in [0.25, 0.3) is 0 Å². The zero-order valence-corrected chi connectivity index (χ0v) is 10.4. The predicted octanol–water partition coefficient (Wildman–Crippen LogP) is 2.16. The van der Waals surface area contributed by atoms with Gasteiger partial charge in [-0.05, 0) is 49.6 Å². The lowest BCUT2D eigenvalue weighted by atomic mass is 9.82. The monoisotopic (exact) mass is 247 g/mol. The minimum Gasteiger partial charge on any atom is -0.297 e. The highest BCUT2D eigenvalue weighted by Crippen LogP contribution is 2.30. The van der Waals surface area contributed by atoms with E-state index in [1.54, 1.807) is 19.1 Å². The zero-order valence-electron chi connectivity index (χ0n) is 10.4. The molecule has 0 aliphatic heterocycles. The summed E-state index contributed by atoms with van der Waals surface area (Å²) in [5.41, 5.74) is -0.134. The van der Waals surface area contributed by atoms with Crippen LogP contribution in [0, 0.1) is 0 Å². The van der Waals surface area contributed by atoms with Gasteiger partial charge in [0, 0.05) is 12.6 Å². The Morgan fingerprint density at radius 1 is 1.22 bits per heavy atom. The molecule has 0 amide bonds. The van der Waals surface area contributed by atoms with Crippen LogP contribution >= 0.6 is 0 Å². The Kier molecular flexibility index (Phi) is 3.48. The fraction of sp³-hybridized carbons (Fsp3) is 0.429. The first-order valence-corrected chi connectivity index (χ1v) is 6.16. The summed E-state index contributed by atoms with van der Waals surface area (Å²) in [6, 6.07) is 0. The topological polar surface area (TPSA) is 57.6 Å². The Hall–Kier alpha value is -1.68. The van der Waals surface area contributed by atoms with Crippen molar-refractivity contribution in [1.29, 1.82) is 0 Å². The molecule has 1 fully saturated rings. The van der Waals surface area contributed by atoms with Gasteiger partial charge >= 0.3 is 0 Å². The van der Waals surface area contributed by atoms with Crippen molar-refractivity contribution in [3.05, 3.63) is 36.1 Å². The molecule has 0 saturated heterocycles. The van der Waals surface area contributed by atoms with Crippen molar-refractivity contribution in [2.24, 2.45) is 0 Å². The van der Waals surface area contributed by atoms with Gasteiger partial charge in [0.05, 0.1) is 0 Å². The molecule has 1 atom stereocenters. The molecule has 0 bridgehead atoms. The second-order valence-electron chi connectivity index (χ2n) is 4.95. The van der Waals surface area contributed by atoms with E-state index >= 15 is 0 Å². The van der Waals surface area contributed by atoms with E-state index in [-0.39, 0.29) is 11.6 Å². The van der Waals surface area contributed by atoms with Gasteiger partial charge in [0.1, 0.15) is 5.54 Å². The highest BCUT2D eigenvalue weighted by molar-refractivity contribution is 6.01. The first-order chi connectivity index (χ1) is 8.52. The Labute approximate surface area is 106 Å². The first-order valence-electron chi connectivity index (χ1n) is 6.16. The molecular formula is C14H17NO3. The van der Waals surface area contributed by atoms with Crippen LogP contribution in [0.3, 0.4) is 0 Å². The van der Waals surface area contributed by atoms with E-state index in [0.29, 0.717) is 18.4 Å². The number of carbonyl (C=O) groups is 2. The van der Waals surface area contributed by atoms with E-state index in [0.717, 1.165) is 17.9 Å². The molecule has 0 unspecified atom stereocenters. The van der Waals surface area contributed by atoms with E-state index in [9.17, 15) is 14.8 Å². The Balaban J connectivity index is 2.16. The van der Waals surface area contributed by atoms with Crippen molar-refractivity contribution < 1.29 is 14.8 Å². The third-order valence-electron chi connectivity index (χ3n) is 3.58. The molecule has 0 radical (unpaired) electrons. The van der Waals surface area contributed by atoms with E-state index in [2.05, 4.69) is 0 Å². The third-order valence-corrected chi connectivity index (χ3v) is 3.58. The normalized spacial score (nSPS) is 27.6. The standard InChI is InChI=1S/C14H17NO3/c1-14(9-3-2-4-13(14)17)15(18)10-11-5-7-12(16)8-6-11/h5-8,10,18H,2-4,9H2,1H3/t14-/m1/s1. The number of allylic oxidation sites excluding steroid dienone is 5. The van der Waals surface area contributed by atoms with Gasteiger partial charge in [-0.25, -0.2) is 0 Å². The molecule has 1 saturated carbocycles. The van der Waals surface area contributed by atoms with Crippen LogP contribution in [-0.2, 0) is 9.59 Å². The Morgan fingerprint density at radius 2 is 1.89 bits per heavy atom. The van der Waals surface area contributed by atoms with Crippen LogP contribution in [0.4, 0.5) is 0 Å². The summed E-state index contributed by atoms with van der Waals surface area (Å²) in [5, 5.41) is 11.1. The van der Waals surface area contributed by atoms with Gasteiger partial charge in [-0.1, -0.05) is 6.42 Å². The molecule has 0 spiro atoms. The number of rotatable bonds is 2. The van der Waals surface area contributed by atoms with Crippen molar-refractivity contribution in [2.45, 2.75) is 38.1 Å². The molecule has 4 nitrogen and oxygen atoms in total. The van der Waals surface area contributed by atoms with Crippen LogP contribution in [0.5, 0.6) is 0 Å². The third kappa shape index (κ3) is 2.43. The number of hydrogen-bond acceptors (Lipinski definition) is 4. The van der Waals surface area contributed by atoms with Gasteiger partial charge in [-0.2, -0.15) is 0 Å². The fourth-order valence-electron chi connectivity index (χ4n) is 2.24. The van der Waals surface area contributed by atoms with E-state index in [1.165, 1.54) is 18.4 Å². The van der Waals surface area contributed by atoms with Crippen molar-refractivity contribution in [2.75, 3.05) is 0 Å². The maximum absolute atomic E-state index is 11.9. The molecule has 0 aromatic rings. The summed E-state index contributed by atoms with van der Waals surface area (Å²) in [6.45, 7) is 1.76. The maximum atomic E-state index is 11.9. The Bertz CT molecular complexity index is 444. The van der Waals surface area contributed by atoms with Crippen molar-refractivity contribution in [1.82, 2.24) is 5.06 Å². The average molecular weight is 247 g/mol. The van der Waals surface area contributed by atoms with Gasteiger partial charge < -0.3 is 0 Å². The SMILES string of the molecule is C[C@@]1(N(O)C=C2C=CC(=O)C=C2)CCCCC1=O. The molecule has 0 aromatic carbocycles. The lowest BCUT2D eigenvalue weighted by Gasteiger charge is -2.37. The van der Waals surface area contributed by atoms with Crippen LogP contribution in [0.15, 0.2) is 36.1 Å². The largest absolute Gasteiger partial charge is 0.297 e. The second-order valence-corrected chi connectivity index (χ2v) is 4.95. The van der Waals surface area contributed by atoms with Crippen LogP contribution in [0.1, 0.15) is 32.6 Å². The van der Waals surface area contributed by atoms with Gasteiger partial charge in [-0.3, -0.25) is 19.9 Å². The van der Waals surface area contributed by atoms with E-state index in [4.69, 9.17) is 0 Å². The molecule has 2 aliphatic rings. The number of Topliss-reactive ketones (excluding diaryl/α,β-unsaturated/α-hetero) is 1. The van der Waals surface area contributed by atoms with Crippen molar-refractivity contribution in [3.63, 3.8) is 0 Å². The molecule has 1 N–H and O–H groups in total. The predicted molar refractivity (Wildman–Crippen MR) is 66.9 cm³/mol. The second kappa shape index (κ2) is 4.90. The highest BCUT2D eigenvalue weighted by atomic mass is 16.5. The molecule has 18 heavy (non-hydrogen) atoms. The summed E-state index contributed by atoms with van der Waals surface area (Å²) in [4.78, 5) is 22.9. The fourth-order valence-corrected chi connectivity index (χ4v) is 2.24. The van der Waals surface area contributed by atoms with Crippen LogP contribution in [0.2, 0.25) is 0 Å².